The minimum Gasteiger partial charge on any atom is -0.378 e. The zero-order chi connectivity index (χ0) is 10.7. The number of hydrogen-bond donors (Lipinski definition) is 0. The molecule has 0 N–H and O–H groups in total. The van der Waals surface area contributed by atoms with Crippen molar-refractivity contribution in [2.45, 2.75) is 51.3 Å². The van der Waals surface area contributed by atoms with Gasteiger partial charge in [-0.1, -0.05) is 0 Å². The van der Waals surface area contributed by atoms with E-state index in [2.05, 4.69) is 0 Å². The third kappa shape index (κ3) is 2.64. The molecule has 2 nitrogen and oxygen atoms in total. The van der Waals surface area contributed by atoms with Crippen LogP contribution in [0.3, 0.4) is 0 Å². The Balaban J connectivity index is 2.57. The molecule has 1 heterocycles. The Bertz CT molecular complexity index is 178. The minimum absolute atomic E-state index is 0.00481. The van der Waals surface area contributed by atoms with Crippen LogP contribution in [0.5, 0.6) is 0 Å². The molecule has 0 unspecified atom stereocenters. The van der Waals surface area contributed by atoms with E-state index in [1.54, 1.807) is 11.9 Å². The van der Waals surface area contributed by atoms with E-state index in [1.165, 1.54) is 0 Å². The summed E-state index contributed by atoms with van der Waals surface area (Å²) in [4.78, 5) is 1.76. The van der Waals surface area contributed by atoms with Gasteiger partial charge in [-0.05, 0) is 33.7 Å². The lowest BCUT2D eigenvalue weighted by atomic mass is 9.94. The molecule has 1 aliphatic heterocycles. The monoisotopic (exact) mass is 207 g/mol. The Morgan fingerprint density at radius 2 is 2.07 bits per heavy atom. The Hall–Kier alpha value is -0.220. The van der Waals surface area contributed by atoms with Gasteiger partial charge in [-0.25, -0.2) is 8.78 Å². The van der Waals surface area contributed by atoms with E-state index in [-0.39, 0.29) is 12.1 Å². The highest BCUT2D eigenvalue weighted by Crippen LogP contribution is 2.27. The predicted molar refractivity (Wildman–Crippen MR) is 51.7 cm³/mol. The van der Waals surface area contributed by atoms with Crippen LogP contribution in [0.15, 0.2) is 0 Å². The standard InChI is InChI=1S/C10H19F2NO/c1-4-14-8-5-7(2)13(3)9(6-8)10(11)12/h7-10H,4-6H2,1-3H3/t7-,8-,9-/m1/s1. The number of hydrogen-bond acceptors (Lipinski definition) is 2. The summed E-state index contributed by atoms with van der Waals surface area (Å²) >= 11 is 0. The second-order valence-electron chi connectivity index (χ2n) is 3.97. The third-order valence-electron chi connectivity index (χ3n) is 3.02. The highest BCUT2D eigenvalue weighted by atomic mass is 19.3. The molecule has 0 amide bonds. The summed E-state index contributed by atoms with van der Waals surface area (Å²) in [7, 11) is 1.77. The van der Waals surface area contributed by atoms with Crippen LogP contribution in [0.25, 0.3) is 0 Å². The Kier molecular flexibility index (Phi) is 4.26. The van der Waals surface area contributed by atoms with Crippen molar-refractivity contribution in [3.8, 4) is 0 Å². The first kappa shape index (κ1) is 11.9. The van der Waals surface area contributed by atoms with Crippen LogP contribution < -0.4 is 0 Å². The van der Waals surface area contributed by atoms with E-state index in [9.17, 15) is 8.78 Å². The summed E-state index contributed by atoms with van der Waals surface area (Å²) in [6, 6.07) is -0.463. The number of piperidine rings is 1. The van der Waals surface area contributed by atoms with Gasteiger partial charge in [0.25, 0.3) is 6.43 Å². The summed E-state index contributed by atoms with van der Waals surface area (Å²) < 4.78 is 30.7. The van der Waals surface area contributed by atoms with E-state index in [4.69, 9.17) is 4.74 Å². The number of nitrogens with zero attached hydrogens (tertiary/aromatic N) is 1. The molecule has 84 valence electrons. The molecule has 14 heavy (non-hydrogen) atoms. The van der Waals surface area contributed by atoms with E-state index >= 15 is 0 Å². The van der Waals surface area contributed by atoms with Gasteiger partial charge < -0.3 is 4.74 Å². The normalized spacial score (nSPS) is 35.1. The van der Waals surface area contributed by atoms with Crippen molar-refractivity contribution in [1.29, 1.82) is 0 Å². The van der Waals surface area contributed by atoms with Gasteiger partial charge in [0.1, 0.15) is 0 Å². The van der Waals surface area contributed by atoms with Crippen molar-refractivity contribution >= 4 is 0 Å². The van der Waals surface area contributed by atoms with Gasteiger partial charge in [-0.15, -0.1) is 0 Å². The van der Waals surface area contributed by atoms with Crippen molar-refractivity contribution in [3.05, 3.63) is 0 Å². The van der Waals surface area contributed by atoms with Gasteiger partial charge in [0.15, 0.2) is 0 Å². The van der Waals surface area contributed by atoms with Gasteiger partial charge in [-0.3, -0.25) is 4.90 Å². The topological polar surface area (TPSA) is 12.5 Å². The van der Waals surface area contributed by atoms with Crippen LogP contribution in [0, 0.1) is 0 Å². The van der Waals surface area contributed by atoms with Crippen molar-refractivity contribution in [2.75, 3.05) is 13.7 Å². The molecule has 1 saturated heterocycles. The van der Waals surface area contributed by atoms with E-state index in [1.807, 2.05) is 13.8 Å². The first-order valence-corrected chi connectivity index (χ1v) is 5.18. The number of ether oxygens (including phenoxy) is 1. The molecule has 0 bridgehead atoms. The van der Waals surface area contributed by atoms with Crippen LogP contribution in [-0.4, -0.2) is 43.2 Å². The molecular weight excluding hydrogens is 188 g/mol. The molecule has 0 spiro atoms. The largest absolute Gasteiger partial charge is 0.378 e. The van der Waals surface area contributed by atoms with Crippen LogP contribution in [0.4, 0.5) is 8.78 Å². The fourth-order valence-corrected chi connectivity index (χ4v) is 2.06. The molecule has 4 heteroatoms. The second kappa shape index (κ2) is 5.03. The van der Waals surface area contributed by atoms with Gasteiger partial charge in [0.05, 0.1) is 12.1 Å². The lowest BCUT2D eigenvalue weighted by molar-refractivity contribution is -0.0695. The molecular formula is C10H19F2NO. The number of alkyl halides is 2. The van der Waals surface area contributed by atoms with Gasteiger partial charge in [0, 0.05) is 12.6 Å². The molecule has 1 aliphatic rings. The summed E-state index contributed by atoms with van der Waals surface area (Å²) in [6.45, 7) is 4.48. The zero-order valence-corrected chi connectivity index (χ0v) is 9.04. The average Bonchev–Trinajstić information content (AvgIpc) is 2.11. The predicted octanol–water partition coefficient (Wildman–Crippen LogP) is 2.14. The van der Waals surface area contributed by atoms with Crippen molar-refractivity contribution in [3.63, 3.8) is 0 Å². The summed E-state index contributed by atoms with van der Waals surface area (Å²) in [5.41, 5.74) is 0. The molecule has 0 aromatic rings. The van der Waals surface area contributed by atoms with Crippen LogP contribution in [-0.2, 0) is 4.74 Å². The molecule has 1 rings (SSSR count). The second-order valence-corrected chi connectivity index (χ2v) is 3.97. The van der Waals surface area contributed by atoms with Gasteiger partial charge in [0.2, 0.25) is 0 Å². The molecule has 1 fully saturated rings. The van der Waals surface area contributed by atoms with E-state index in [0.29, 0.717) is 13.0 Å². The van der Waals surface area contributed by atoms with E-state index < -0.39 is 12.5 Å². The smallest absolute Gasteiger partial charge is 0.253 e. The fourth-order valence-electron chi connectivity index (χ4n) is 2.06. The quantitative estimate of drug-likeness (QED) is 0.703. The summed E-state index contributed by atoms with van der Waals surface area (Å²) in [6.07, 6.45) is -0.962. The molecule has 0 aromatic heterocycles. The van der Waals surface area contributed by atoms with Gasteiger partial charge in [-0.2, -0.15) is 0 Å². The number of likely N-dealkylation sites (tertiary alicyclic amines) is 1. The maximum Gasteiger partial charge on any atom is 0.253 e. The zero-order valence-electron chi connectivity index (χ0n) is 9.04. The summed E-state index contributed by atoms with van der Waals surface area (Å²) in [5, 5.41) is 0. The minimum atomic E-state index is -2.27. The Morgan fingerprint density at radius 1 is 1.43 bits per heavy atom. The highest BCUT2D eigenvalue weighted by molar-refractivity contribution is 4.86. The van der Waals surface area contributed by atoms with Gasteiger partial charge >= 0.3 is 0 Å². The fraction of sp³-hybridized carbons (Fsp3) is 1.00. The highest BCUT2D eigenvalue weighted by Gasteiger charge is 2.36. The first-order chi connectivity index (χ1) is 6.56. The Morgan fingerprint density at radius 3 is 2.57 bits per heavy atom. The maximum absolute atomic E-state index is 12.7. The SMILES string of the molecule is CCO[C@@H]1C[C@@H](C)N(C)[C@@H](C(F)F)C1. The number of rotatable bonds is 3. The lowest BCUT2D eigenvalue weighted by Gasteiger charge is -2.41. The maximum atomic E-state index is 12.7. The molecule has 0 aromatic carbocycles. The average molecular weight is 207 g/mol. The molecule has 0 radical (unpaired) electrons. The number of halogens is 2. The lowest BCUT2D eigenvalue weighted by Crippen LogP contribution is -2.51. The van der Waals surface area contributed by atoms with Crippen LogP contribution in [0.2, 0.25) is 0 Å². The molecule has 0 aliphatic carbocycles. The van der Waals surface area contributed by atoms with Crippen molar-refractivity contribution in [1.82, 2.24) is 4.90 Å². The Labute approximate surface area is 84.2 Å². The van der Waals surface area contributed by atoms with Crippen molar-refractivity contribution in [2.24, 2.45) is 0 Å². The molecule has 3 atom stereocenters. The van der Waals surface area contributed by atoms with Crippen LogP contribution in [0.1, 0.15) is 26.7 Å². The van der Waals surface area contributed by atoms with Crippen molar-refractivity contribution < 1.29 is 13.5 Å². The summed E-state index contributed by atoms with van der Waals surface area (Å²) in [5.74, 6) is 0. The third-order valence-corrected chi connectivity index (χ3v) is 3.02. The van der Waals surface area contributed by atoms with E-state index in [0.717, 1.165) is 6.42 Å². The molecule has 0 saturated carbocycles. The first-order valence-electron chi connectivity index (χ1n) is 5.18. The van der Waals surface area contributed by atoms with Crippen LogP contribution >= 0.6 is 0 Å².